The minimum absolute atomic E-state index is 0.00739. The predicted octanol–water partition coefficient (Wildman–Crippen LogP) is 5.76. The number of ether oxygens (including phenoxy) is 4. The molecular formula is C34H43Cl2N5O9. The number of rotatable bonds is 10. The fraction of sp³-hybridized carbons (Fsp3) is 0.471. The van der Waals surface area contributed by atoms with Crippen molar-refractivity contribution in [3.63, 3.8) is 0 Å². The molecule has 16 heteroatoms. The van der Waals surface area contributed by atoms with Crippen LogP contribution in [0.4, 0.5) is 15.3 Å². The van der Waals surface area contributed by atoms with E-state index in [1.807, 2.05) is 0 Å². The Kier molecular flexibility index (Phi) is 14.0. The van der Waals surface area contributed by atoms with Gasteiger partial charge in [0.1, 0.15) is 28.8 Å². The molecule has 0 aromatic heterocycles. The third-order valence-electron chi connectivity index (χ3n) is 6.75. The van der Waals surface area contributed by atoms with E-state index in [4.69, 9.17) is 42.1 Å². The molecule has 1 aliphatic heterocycles. The van der Waals surface area contributed by atoms with Crippen molar-refractivity contribution in [3.05, 3.63) is 57.6 Å². The molecule has 0 radical (unpaired) electrons. The van der Waals surface area contributed by atoms with E-state index >= 15 is 0 Å². The minimum Gasteiger partial charge on any atom is -0.493 e. The van der Waals surface area contributed by atoms with E-state index in [9.17, 15) is 24.0 Å². The summed E-state index contributed by atoms with van der Waals surface area (Å²) in [6.45, 7) is 10.5. The Hall–Kier alpha value is -4.40. The maximum absolute atomic E-state index is 13.0. The molecule has 2 atom stereocenters. The summed E-state index contributed by atoms with van der Waals surface area (Å²) in [5.74, 6) is -1.29. The van der Waals surface area contributed by atoms with Crippen molar-refractivity contribution in [1.82, 2.24) is 21.3 Å². The SMILES string of the molecule is COC(=O)[C@H](CCC(=O)CNC1CCOc2ccc(N=C(NC(=O)OC(C)(C)C)NC(=O)OC(C)(C)C)cc21)NC(=O)c1c(Cl)cccc1Cl. The zero-order chi connectivity index (χ0) is 37.2. The molecule has 2 aromatic carbocycles. The van der Waals surface area contributed by atoms with Crippen molar-refractivity contribution in [1.29, 1.82) is 0 Å². The van der Waals surface area contributed by atoms with Gasteiger partial charge in [-0.2, -0.15) is 0 Å². The van der Waals surface area contributed by atoms with Crippen molar-refractivity contribution < 1.29 is 42.9 Å². The number of alkyl carbamates (subject to hydrolysis) is 2. The molecule has 0 spiro atoms. The van der Waals surface area contributed by atoms with Crippen molar-refractivity contribution in [2.75, 3.05) is 20.3 Å². The number of nitrogens with zero attached hydrogens (tertiary/aromatic N) is 1. The van der Waals surface area contributed by atoms with E-state index in [0.29, 0.717) is 30.0 Å². The smallest absolute Gasteiger partial charge is 0.414 e. The van der Waals surface area contributed by atoms with E-state index in [0.717, 1.165) is 0 Å². The summed E-state index contributed by atoms with van der Waals surface area (Å²) < 4.78 is 21.3. The standard InChI is InChI=1S/C34H43Cl2N5O9/c1-33(2,3)49-31(45)40-30(41-32(46)50-34(4,5)6)38-19-11-14-26-21(17-19)24(15-16-48-26)37-18-20(42)12-13-25(29(44)47-7)39-28(43)27-22(35)9-8-10-23(27)36/h8-11,14,17,24-25,37H,12-13,15-16,18H2,1-7H3,(H,39,43)(H2,38,40,41,45,46)/t24?,25-/m0/s1. The maximum atomic E-state index is 13.0. The third-order valence-corrected chi connectivity index (χ3v) is 7.38. The number of carbonyl (C=O) groups excluding carboxylic acids is 5. The van der Waals surface area contributed by atoms with Crippen LogP contribution in [0, 0.1) is 0 Å². The van der Waals surface area contributed by atoms with Crippen LogP contribution >= 0.6 is 23.2 Å². The monoisotopic (exact) mass is 735 g/mol. The molecule has 1 unspecified atom stereocenters. The molecule has 2 aromatic rings. The Balaban J connectivity index is 1.71. The summed E-state index contributed by atoms with van der Waals surface area (Å²) in [7, 11) is 1.18. The van der Waals surface area contributed by atoms with E-state index < -0.39 is 41.3 Å². The lowest BCUT2D eigenvalue weighted by atomic mass is 9.99. The molecule has 3 rings (SSSR count). The average molecular weight is 737 g/mol. The third kappa shape index (κ3) is 12.8. The molecule has 0 bridgehead atoms. The number of fused-ring (bicyclic) bond motifs is 1. The molecule has 0 saturated heterocycles. The summed E-state index contributed by atoms with van der Waals surface area (Å²) >= 11 is 12.3. The molecule has 0 fully saturated rings. The number of hydrogen-bond acceptors (Lipinski definition) is 11. The predicted molar refractivity (Wildman–Crippen MR) is 187 cm³/mol. The molecule has 0 saturated carbocycles. The van der Waals surface area contributed by atoms with Gasteiger partial charge in [-0.15, -0.1) is 0 Å². The van der Waals surface area contributed by atoms with E-state index in [1.54, 1.807) is 65.8 Å². The average Bonchev–Trinajstić information content (AvgIpc) is 2.99. The number of guanidine groups is 1. The van der Waals surface area contributed by atoms with Crippen LogP contribution < -0.4 is 26.0 Å². The number of aliphatic imine (C=N–C) groups is 1. The van der Waals surface area contributed by atoms with E-state index in [2.05, 4.69) is 26.3 Å². The van der Waals surface area contributed by atoms with Gasteiger partial charge in [0.15, 0.2) is 0 Å². The van der Waals surface area contributed by atoms with Crippen LogP contribution in [0.3, 0.4) is 0 Å². The summed E-state index contributed by atoms with van der Waals surface area (Å²) in [6.07, 6.45) is -1.24. The lowest BCUT2D eigenvalue weighted by Crippen LogP contribution is -2.47. The van der Waals surface area contributed by atoms with Gasteiger partial charge in [-0.1, -0.05) is 29.3 Å². The van der Waals surface area contributed by atoms with E-state index in [1.165, 1.54) is 19.2 Å². The number of carbonyl (C=O) groups is 5. The van der Waals surface area contributed by atoms with Crippen LogP contribution in [-0.2, 0) is 23.8 Å². The van der Waals surface area contributed by atoms with Gasteiger partial charge in [-0.05, 0) is 78.3 Å². The highest BCUT2D eigenvalue weighted by Gasteiger charge is 2.27. The van der Waals surface area contributed by atoms with Gasteiger partial charge in [-0.3, -0.25) is 20.2 Å². The van der Waals surface area contributed by atoms with Gasteiger partial charge in [0.2, 0.25) is 5.96 Å². The molecular weight excluding hydrogens is 693 g/mol. The minimum atomic E-state index is -1.12. The maximum Gasteiger partial charge on any atom is 0.414 e. The van der Waals surface area contributed by atoms with Gasteiger partial charge in [0.25, 0.3) is 5.91 Å². The Morgan fingerprint density at radius 2 is 1.54 bits per heavy atom. The highest BCUT2D eigenvalue weighted by Crippen LogP contribution is 2.35. The van der Waals surface area contributed by atoms with Crippen molar-refractivity contribution >= 4 is 64.7 Å². The molecule has 272 valence electrons. The highest BCUT2D eigenvalue weighted by molar-refractivity contribution is 6.39. The molecule has 3 amide bonds. The van der Waals surface area contributed by atoms with Gasteiger partial charge < -0.3 is 29.6 Å². The molecule has 4 N–H and O–H groups in total. The molecule has 50 heavy (non-hydrogen) atoms. The molecule has 1 aliphatic rings. The first-order valence-corrected chi connectivity index (χ1v) is 16.5. The number of methoxy groups -OCH3 is 1. The number of nitrogens with one attached hydrogen (secondary N) is 4. The van der Waals surface area contributed by atoms with Crippen LogP contribution in [0.25, 0.3) is 0 Å². The van der Waals surface area contributed by atoms with Gasteiger partial charge in [0.05, 0.1) is 41.6 Å². The second-order valence-corrected chi connectivity index (χ2v) is 14.0. The summed E-state index contributed by atoms with van der Waals surface area (Å²) in [6, 6.07) is 8.16. The van der Waals surface area contributed by atoms with Gasteiger partial charge >= 0.3 is 18.2 Å². The first-order valence-electron chi connectivity index (χ1n) is 15.8. The lowest BCUT2D eigenvalue weighted by molar-refractivity contribution is -0.143. The Morgan fingerprint density at radius 1 is 0.940 bits per heavy atom. The van der Waals surface area contributed by atoms with Crippen molar-refractivity contribution in [2.24, 2.45) is 4.99 Å². The number of esters is 1. The zero-order valence-corrected chi connectivity index (χ0v) is 30.5. The number of benzene rings is 2. The summed E-state index contributed by atoms with van der Waals surface area (Å²) in [5, 5.41) is 10.9. The zero-order valence-electron chi connectivity index (χ0n) is 29.0. The van der Waals surface area contributed by atoms with Crippen LogP contribution in [0.15, 0.2) is 41.4 Å². The second kappa shape index (κ2) is 17.5. The topological polar surface area (TPSA) is 183 Å². The summed E-state index contributed by atoms with van der Waals surface area (Å²) in [4.78, 5) is 67.7. The number of Topliss-reactive ketones (excluding diaryl/α,β-unsaturated/α-hetero) is 1. The normalized spacial score (nSPS) is 14.5. The molecule has 1 heterocycles. The molecule has 0 aliphatic carbocycles. The number of hydrogen-bond donors (Lipinski definition) is 4. The fourth-order valence-corrected chi connectivity index (χ4v) is 5.22. The first kappa shape index (κ1) is 40.0. The highest BCUT2D eigenvalue weighted by atomic mass is 35.5. The van der Waals surface area contributed by atoms with Crippen LogP contribution in [-0.4, -0.2) is 73.3 Å². The van der Waals surface area contributed by atoms with Crippen molar-refractivity contribution in [3.8, 4) is 5.75 Å². The summed E-state index contributed by atoms with van der Waals surface area (Å²) in [5.41, 5.74) is -0.563. The Morgan fingerprint density at radius 3 is 2.10 bits per heavy atom. The van der Waals surface area contributed by atoms with Crippen molar-refractivity contribution in [2.45, 2.75) is 84.1 Å². The first-order chi connectivity index (χ1) is 23.3. The largest absolute Gasteiger partial charge is 0.493 e. The lowest BCUT2D eigenvalue weighted by Gasteiger charge is -2.27. The Labute approximate surface area is 300 Å². The van der Waals surface area contributed by atoms with Gasteiger partial charge in [0, 0.05) is 24.4 Å². The number of halogens is 2. The van der Waals surface area contributed by atoms with Gasteiger partial charge in [-0.25, -0.2) is 19.4 Å². The van der Waals surface area contributed by atoms with Crippen LogP contribution in [0.2, 0.25) is 10.0 Å². The van der Waals surface area contributed by atoms with Crippen LogP contribution in [0.5, 0.6) is 5.75 Å². The molecule has 14 nitrogen and oxygen atoms in total. The number of amides is 3. The fourth-order valence-electron chi connectivity index (χ4n) is 4.65. The second-order valence-electron chi connectivity index (χ2n) is 13.2. The quantitative estimate of drug-likeness (QED) is 0.101. The number of ketones is 1. The van der Waals surface area contributed by atoms with Crippen LogP contribution in [0.1, 0.15) is 82.8 Å². The van der Waals surface area contributed by atoms with E-state index in [-0.39, 0.29) is 52.8 Å². The Bertz CT molecular complexity index is 1570.